The maximum absolute atomic E-state index is 12.5. The zero-order valence-electron chi connectivity index (χ0n) is 11.7. The highest BCUT2D eigenvalue weighted by atomic mass is 16.2. The highest BCUT2D eigenvalue weighted by Gasteiger charge is 2.21. The monoisotopic (exact) mass is 249 g/mol. The van der Waals surface area contributed by atoms with E-state index in [1.807, 2.05) is 36.9 Å². The van der Waals surface area contributed by atoms with Gasteiger partial charge in [-0.1, -0.05) is 13.0 Å². The Kier molecular flexibility index (Phi) is 5.16. The van der Waals surface area contributed by atoms with E-state index in [1.165, 1.54) is 0 Å². The quantitative estimate of drug-likeness (QED) is 0.623. The summed E-state index contributed by atoms with van der Waals surface area (Å²) in [5, 5.41) is 0. The van der Waals surface area contributed by atoms with Gasteiger partial charge in [0.2, 0.25) is 0 Å². The molecule has 1 aromatic carbocycles. The normalized spacial score (nSPS) is 12.1. The van der Waals surface area contributed by atoms with E-state index in [1.54, 1.807) is 0 Å². The van der Waals surface area contributed by atoms with Crippen LogP contribution >= 0.6 is 0 Å². The topological polar surface area (TPSA) is 58.4 Å². The lowest BCUT2D eigenvalue weighted by Crippen LogP contribution is -2.38. The molecule has 4 nitrogen and oxygen atoms in total. The van der Waals surface area contributed by atoms with Gasteiger partial charge in [0.15, 0.2) is 0 Å². The van der Waals surface area contributed by atoms with Crippen LogP contribution in [0.1, 0.15) is 43.1 Å². The van der Waals surface area contributed by atoms with Crippen LogP contribution in [0.15, 0.2) is 18.2 Å². The van der Waals surface area contributed by atoms with Crippen molar-refractivity contribution in [3.8, 4) is 0 Å². The molecular formula is C14H23N3O. The number of nitrogen functional groups attached to an aromatic ring is 1. The standard InChI is InChI=1S/C14H23N3O/c1-5-11(4)17(6-2)14(18)12-8-7-10(3)9-13(12)16-15/h7-9,11,16H,5-6,15H2,1-4H3. The summed E-state index contributed by atoms with van der Waals surface area (Å²) in [4.78, 5) is 14.4. The molecule has 100 valence electrons. The smallest absolute Gasteiger partial charge is 0.256 e. The van der Waals surface area contributed by atoms with Crippen LogP contribution in [0.25, 0.3) is 0 Å². The first-order valence-electron chi connectivity index (χ1n) is 6.43. The maximum atomic E-state index is 12.5. The van der Waals surface area contributed by atoms with Crippen molar-refractivity contribution in [2.75, 3.05) is 12.0 Å². The van der Waals surface area contributed by atoms with E-state index in [9.17, 15) is 4.79 Å². The average molecular weight is 249 g/mol. The number of nitrogens with zero attached hydrogens (tertiary/aromatic N) is 1. The minimum absolute atomic E-state index is 0.0276. The summed E-state index contributed by atoms with van der Waals surface area (Å²) in [6.07, 6.45) is 0.941. The lowest BCUT2D eigenvalue weighted by Gasteiger charge is -2.28. The number of amides is 1. The Labute approximate surface area is 109 Å². The molecule has 3 N–H and O–H groups in total. The van der Waals surface area contributed by atoms with Gasteiger partial charge >= 0.3 is 0 Å². The fourth-order valence-electron chi connectivity index (χ4n) is 1.99. The molecule has 18 heavy (non-hydrogen) atoms. The Balaban J connectivity index is 3.09. The van der Waals surface area contributed by atoms with Crippen LogP contribution in [0.2, 0.25) is 0 Å². The molecule has 0 fully saturated rings. The molecule has 0 saturated heterocycles. The number of rotatable bonds is 5. The molecule has 0 spiro atoms. The Morgan fingerprint density at radius 2 is 2.11 bits per heavy atom. The Morgan fingerprint density at radius 3 is 2.61 bits per heavy atom. The van der Waals surface area contributed by atoms with Crippen LogP contribution < -0.4 is 11.3 Å². The molecule has 1 amide bonds. The molecular weight excluding hydrogens is 226 g/mol. The van der Waals surface area contributed by atoms with Crippen molar-refractivity contribution in [1.29, 1.82) is 0 Å². The summed E-state index contributed by atoms with van der Waals surface area (Å²) in [5.74, 6) is 5.51. The lowest BCUT2D eigenvalue weighted by atomic mass is 10.1. The maximum Gasteiger partial charge on any atom is 0.256 e. The first-order valence-corrected chi connectivity index (χ1v) is 6.43. The number of hydrazine groups is 1. The number of hydrogen-bond acceptors (Lipinski definition) is 3. The highest BCUT2D eigenvalue weighted by molar-refractivity contribution is 5.99. The number of carbonyl (C=O) groups excluding carboxylic acids is 1. The zero-order valence-corrected chi connectivity index (χ0v) is 11.7. The van der Waals surface area contributed by atoms with Gasteiger partial charge < -0.3 is 10.3 Å². The van der Waals surface area contributed by atoms with Crippen LogP contribution in [-0.4, -0.2) is 23.4 Å². The molecule has 0 radical (unpaired) electrons. The molecule has 1 unspecified atom stereocenters. The summed E-state index contributed by atoms with van der Waals surface area (Å²) in [7, 11) is 0. The van der Waals surface area contributed by atoms with Crippen molar-refractivity contribution in [1.82, 2.24) is 4.90 Å². The SMILES string of the molecule is CCC(C)N(CC)C(=O)c1ccc(C)cc1NN. The van der Waals surface area contributed by atoms with E-state index in [-0.39, 0.29) is 11.9 Å². The van der Waals surface area contributed by atoms with Gasteiger partial charge in [-0.3, -0.25) is 10.6 Å². The van der Waals surface area contributed by atoms with Crippen LogP contribution in [0.3, 0.4) is 0 Å². The van der Waals surface area contributed by atoms with Crippen LogP contribution in [0, 0.1) is 6.92 Å². The number of hydrogen-bond donors (Lipinski definition) is 2. The second kappa shape index (κ2) is 6.40. The first kappa shape index (κ1) is 14.5. The third kappa shape index (κ3) is 3.01. The van der Waals surface area contributed by atoms with Crippen molar-refractivity contribution in [3.63, 3.8) is 0 Å². The fraction of sp³-hybridized carbons (Fsp3) is 0.500. The van der Waals surface area contributed by atoms with Crippen molar-refractivity contribution < 1.29 is 4.79 Å². The molecule has 0 aliphatic carbocycles. The van der Waals surface area contributed by atoms with E-state index >= 15 is 0 Å². The molecule has 1 rings (SSSR count). The minimum Gasteiger partial charge on any atom is -0.336 e. The summed E-state index contributed by atoms with van der Waals surface area (Å²) in [6.45, 7) is 8.81. The summed E-state index contributed by atoms with van der Waals surface area (Å²) in [6, 6.07) is 5.88. The molecule has 0 aliphatic heterocycles. The van der Waals surface area contributed by atoms with Gasteiger partial charge in [0.25, 0.3) is 5.91 Å². The molecule has 0 bridgehead atoms. The second-order valence-electron chi connectivity index (χ2n) is 4.54. The third-order valence-electron chi connectivity index (χ3n) is 3.29. The Bertz CT molecular complexity index is 418. The molecule has 1 aromatic rings. The van der Waals surface area contributed by atoms with Gasteiger partial charge in [0.05, 0.1) is 11.3 Å². The average Bonchev–Trinajstić information content (AvgIpc) is 2.38. The van der Waals surface area contributed by atoms with Crippen LogP contribution in [0.5, 0.6) is 0 Å². The summed E-state index contributed by atoms with van der Waals surface area (Å²) in [5.41, 5.74) is 4.99. The number of nitrogens with two attached hydrogens (primary N) is 1. The predicted octanol–water partition coefficient (Wildman–Crippen LogP) is 2.54. The van der Waals surface area contributed by atoms with Gasteiger partial charge in [-0.2, -0.15) is 0 Å². The number of benzene rings is 1. The molecule has 0 aromatic heterocycles. The van der Waals surface area contributed by atoms with Crippen LogP contribution in [-0.2, 0) is 0 Å². The van der Waals surface area contributed by atoms with Gasteiger partial charge in [0, 0.05) is 12.6 Å². The summed E-state index contributed by atoms with van der Waals surface area (Å²) < 4.78 is 0. The predicted molar refractivity (Wildman–Crippen MR) is 75.5 cm³/mol. The van der Waals surface area contributed by atoms with E-state index < -0.39 is 0 Å². The lowest BCUT2D eigenvalue weighted by molar-refractivity contribution is 0.0701. The molecule has 0 aliphatic rings. The zero-order chi connectivity index (χ0) is 13.7. The molecule has 1 atom stereocenters. The summed E-state index contributed by atoms with van der Waals surface area (Å²) >= 11 is 0. The van der Waals surface area contributed by atoms with Crippen molar-refractivity contribution in [2.45, 2.75) is 40.2 Å². The van der Waals surface area contributed by atoms with Gasteiger partial charge in [-0.15, -0.1) is 0 Å². The first-order chi connectivity index (χ1) is 8.54. The number of aryl methyl sites for hydroxylation is 1. The van der Waals surface area contributed by atoms with Crippen molar-refractivity contribution in [3.05, 3.63) is 29.3 Å². The van der Waals surface area contributed by atoms with Gasteiger partial charge in [-0.05, 0) is 44.9 Å². The fourth-order valence-corrected chi connectivity index (χ4v) is 1.99. The van der Waals surface area contributed by atoms with Crippen LogP contribution in [0.4, 0.5) is 5.69 Å². The van der Waals surface area contributed by atoms with E-state index in [4.69, 9.17) is 5.84 Å². The number of carbonyl (C=O) groups is 1. The molecule has 4 heteroatoms. The Morgan fingerprint density at radius 1 is 1.44 bits per heavy atom. The Hall–Kier alpha value is -1.55. The van der Waals surface area contributed by atoms with Gasteiger partial charge in [0.1, 0.15) is 0 Å². The van der Waals surface area contributed by atoms with E-state index in [0.717, 1.165) is 12.0 Å². The van der Waals surface area contributed by atoms with Gasteiger partial charge in [-0.25, -0.2) is 0 Å². The highest BCUT2D eigenvalue weighted by Crippen LogP contribution is 2.20. The molecule has 0 heterocycles. The largest absolute Gasteiger partial charge is 0.336 e. The molecule has 0 saturated carbocycles. The van der Waals surface area contributed by atoms with Crippen molar-refractivity contribution in [2.24, 2.45) is 5.84 Å². The van der Waals surface area contributed by atoms with Crippen molar-refractivity contribution >= 4 is 11.6 Å². The third-order valence-corrected chi connectivity index (χ3v) is 3.29. The second-order valence-corrected chi connectivity index (χ2v) is 4.54. The number of nitrogens with one attached hydrogen (secondary N) is 1. The van der Waals surface area contributed by atoms with E-state index in [0.29, 0.717) is 17.8 Å². The minimum atomic E-state index is 0.0276. The number of anilines is 1. The van der Waals surface area contributed by atoms with E-state index in [2.05, 4.69) is 19.3 Å².